The zero-order chi connectivity index (χ0) is 12.0. The zero-order valence-corrected chi connectivity index (χ0v) is 9.74. The second-order valence-corrected chi connectivity index (χ2v) is 4.20. The molecule has 0 aliphatic rings. The molecule has 3 rings (SSSR count). The molecule has 0 saturated heterocycles. The van der Waals surface area contributed by atoms with Crippen molar-refractivity contribution in [3.8, 4) is 11.3 Å². The minimum atomic E-state index is 0.493. The fourth-order valence-electron chi connectivity index (χ4n) is 2.00. The Kier molecular flexibility index (Phi) is 1.98. The van der Waals surface area contributed by atoms with Crippen molar-refractivity contribution < 1.29 is 4.42 Å². The summed E-state index contributed by atoms with van der Waals surface area (Å²) in [4.78, 5) is 0. The van der Waals surface area contributed by atoms with Crippen LogP contribution < -0.4 is 5.73 Å². The normalized spacial score (nSPS) is 11.2. The van der Waals surface area contributed by atoms with Crippen LogP contribution in [0.3, 0.4) is 0 Å². The number of nitrogens with two attached hydrogens (primary N) is 1. The van der Waals surface area contributed by atoms with Gasteiger partial charge in [-0.1, -0.05) is 12.1 Å². The molecular formula is C13H13N3O. The van der Waals surface area contributed by atoms with Crippen LogP contribution in [-0.2, 0) is 0 Å². The highest BCUT2D eigenvalue weighted by atomic mass is 16.3. The third kappa shape index (κ3) is 1.49. The molecule has 0 atom stereocenters. The fraction of sp³-hybridized carbons (Fsp3) is 0.154. The molecule has 2 heterocycles. The lowest BCUT2D eigenvalue weighted by Gasteiger charge is -1.96. The van der Waals surface area contributed by atoms with Crippen molar-refractivity contribution in [1.82, 2.24) is 10.2 Å². The predicted octanol–water partition coefficient (Wildman–Crippen LogP) is 3.02. The third-order valence-corrected chi connectivity index (χ3v) is 3.09. The summed E-state index contributed by atoms with van der Waals surface area (Å²) in [5.41, 5.74) is 9.60. The molecule has 0 aliphatic heterocycles. The predicted molar refractivity (Wildman–Crippen MR) is 67.7 cm³/mol. The van der Waals surface area contributed by atoms with Gasteiger partial charge in [0.25, 0.3) is 0 Å². The van der Waals surface area contributed by atoms with Crippen LogP contribution >= 0.6 is 0 Å². The van der Waals surface area contributed by atoms with E-state index in [1.165, 1.54) is 5.56 Å². The number of aryl methyl sites for hydroxylation is 2. The molecule has 3 N–H and O–H groups in total. The van der Waals surface area contributed by atoms with E-state index in [-0.39, 0.29) is 0 Å². The Morgan fingerprint density at radius 1 is 1.24 bits per heavy atom. The van der Waals surface area contributed by atoms with Crippen LogP contribution in [0.4, 0.5) is 5.82 Å². The first-order valence-electron chi connectivity index (χ1n) is 5.46. The quantitative estimate of drug-likeness (QED) is 0.671. The van der Waals surface area contributed by atoms with E-state index >= 15 is 0 Å². The van der Waals surface area contributed by atoms with Crippen LogP contribution in [0.15, 0.2) is 28.7 Å². The fourth-order valence-corrected chi connectivity index (χ4v) is 2.00. The maximum atomic E-state index is 5.70. The SMILES string of the molecule is Cc1oc2cc(-c3cc(N)n[nH]3)ccc2c1C. The lowest BCUT2D eigenvalue weighted by Crippen LogP contribution is -1.81. The maximum absolute atomic E-state index is 5.70. The zero-order valence-electron chi connectivity index (χ0n) is 9.74. The van der Waals surface area contributed by atoms with Gasteiger partial charge in [0.2, 0.25) is 0 Å². The van der Waals surface area contributed by atoms with Gasteiger partial charge < -0.3 is 10.2 Å². The van der Waals surface area contributed by atoms with E-state index in [4.69, 9.17) is 10.2 Å². The first-order valence-corrected chi connectivity index (χ1v) is 5.46. The van der Waals surface area contributed by atoms with Gasteiger partial charge in [0.1, 0.15) is 17.2 Å². The number of nitrogens with zero attached hydrogens (tertiary/aromatic N) is 1. The largest absolute Gasteiger partial charge is 0.461 e. The number of aromatic nitrogens is 2. The van der Waals surface area contributed by atoms with Gasteiger partial charge in [-0.25, -0.2) is 0 Å². The van der Waals surface area contributed by atoms with E-state index in [2.05, 4.69) is 23.2 Å². The lowest BCUT2D eigenvalue weighted by atomic mass is 10.1. The van der Waals surface area contributed by atoms with Crippen molar-refractivity contribution in [2.24, 2.45) is 0 Å². The molecule has 0 fully saturated rings. The highest BCUT2D eigenvalue weighted by molar-refractivity contribution is 5.86. The minimum Gasteiger partial charge on any atom is -0.461 e. The van der Waals surface area contributed by atoms with Crippen molar-refractivity contribution in [3.63, 3.8) is 0 Å². The van der Waals surface area contributed by atoms with E-state index in [0.717, 1.165) is 28.0 Å². The Hall–Kier alpha value is -2.23. The standard InChI is InChI=1S/C13H13N3O/c1-7-8(2)17-12-5-9(3-4-10(7)12)11-6-13(14)16-15-11/h3-6H,1-2H3,(H3,14,15,16). The number of hydrogen-bond acceptors (Lipinski definition) is 3. The van der Waals surface area contributed by atoms with Crippen LogP contribution in [0.2, 0.25) is 0 Å². The molecule has 1 aromatic carbocycles. The molecule has 17 heavy (non-hydrogen) atoms. The van der Waals surface area contributed by atoms with Crippen LogP contribution in [0, 0.1) is 13.8 Å². The number of fused-ring (bicyclic) bond motifs is 1. The highest BCUT2D eigenvalue weighted by Crippen LogP contribution is 2.29. The van der Waals surface area contributed by atoms with Crippen molar-refractivity contribution in [1.29, 1.82) is 0 Å². The Bertz CT molecular complexity index is 694. The van der Waals surface area contributed by atoms with Crippen molar-refractivity contribution in [3.05, 3.63) is 35.6 Å². The Labute approximate surface area is 98.4 Å². The molecule has 0 radical (unpaired) electrons. The second-order valence-electron chi connectivity index (χ2n) is 4.20. The number of hydrogen-bond donors (Lipinski definition) is 2. The van der Waals surface area contributed by atoms with Gasteiger partial charge in [0.05, 0.1) is 5.69 Å². The van der Waals surface area contributed by atoms with E-state index in [1.807, 2.05) is 25.1 Å². The van der Waals surface area contributed by atoms with Crippen LogP contribution in [0.25, 0.3) is 22.2 Å². The number of benzene rings is 1. The first-order chi connectivity index (χ1) is 8.15. The van der Waals surface area contributed by atoms with E-state index in [1.54, 1.807) is 0 Å². The van der Waals surface area contributed by atoms with Gasteiger partial charge in [0, 0.05) is 17.0 Å². The van der Waals surface area contributed by atoms with Crippen molar-refractivity contribution >= 4 is 16.8 Å². The van der Waals surface area contributed by atoms with Crippen LogP contribution in [-0.4, -0.2) is 10.2 Å². The molecule has 2 aromatic heterocycles. The average molecular weight is 227 g/mol. The first kappa shape index (κ1) is 9.96. The Morgan fingerprint density at radius 2 is 2.06 bits per heavy atom. The summed E-state index contributed by atoms with van der Waals surface area (Å²) in [6, 6.07) is 7.91. The van der Waals surface area contributed by atoms with Gasteiger partial charge in [0.15, 0.2) is 0 Å². The average Bonchev–Trinajstić information content (AvgIpc) is 2.85. The summed E-state index contributed by atoms with van der Waals surface area (Å²) < 4.78 is 5.70. The van der Waals surface area contributed by atoms with Gasteiger partial charge in [-0.3, -0.25) is 5.10 Å². The van der Waals surface area contributed by atoms with E-state index < -0.39 is 0 Å². The molecule has 4 heteroatoms. The molecule has 86 valence electrons. The molecule has 0 bridgehead atoms. The number of nitrogen functional groups attached to an aromatic ring is 1. The minimum absolute atomic E-state index is 0.493. The maximum Gasteiger partial charge on any atom is 0.145 e. The summed E-state index contributed by atoms with van der Waals surface area (Å²) >= 11 is 0. The van der Waals surface area contributed by atoms with Crippen molar-refractivity contribution in [2.45, 2.75) is 13.8 Å². The van der Waals surface area contributed by atoms with Crippen molar-refractivity contribution in [2.75, 3.05) is 5.73 Å². The molecular weight excluding hydrogens is 214 g/mol. The molecule has 4 nitrogen and oxygen atoms in total. The summed E-state index contributed by atoms with van der Waals surface area (Å²) in [5.74, 6) is 1.45. The molecule has 3 aromatic rings. The number of furan rings is 1. The summed E-state index contributed by atoms with van der Waals surface area (Å²) in [7, 11) is 0. The Balaban J connectivity index is 2.20. The molecule has 0 aliphatic carbocycles. The monoisotopic (exact) mass is 227 g/mol. The van der Waals surface area contributed by atoms with E-state index in [0.29, 0.717) is 5.82 Å². The molecule has 0 unspecified atom stereocenters. The number of nitrogens with one attached hydrogen (secondary N) is 1. The Morgan fingerprint density at radius 3 is 2.76 bits per heavy atom. The second kappa shape index (κ2) is 3.38. The molecule has 0 saturated carbocycles. The lowest BCUT2D eigenvalue weighted by molar-refractivity contribution is 0.575. The summed E-state index contributed by atoms with van der Waals surface area (Å²) in [6.07, 6.45) is 0. The third-order valence-electron chi connectivity index (χ3n) is 3.09. The van der Waals surface area contributed by atoms with Gasteiger partial charge in [-0.05, 0) is 25.5 Å². The van der Waals surface area contributed by atoms with Crippen LogP contribution in [0.1, 0.15) is 11.3 Å². The van der Waals surface area contributed by atoms with E-state index in [9.17, 15) is 0 Å². The summed E-state index contributed by atoms with van der Waals surface area (Å²) in [5, 5.41) is 7.96. The number of aromatic amines is 1. The molecule has 0 amide bonds. The summed E-state index contributed by atoms with van der Waals surface area (Å²) in [6.45, 7) is 4.04. The number of anilines is 1. The number of rotatable bonds is 1. The number of H-pyrrole nitrogens is 1. The topological polar surface area (TPSA) is 67.8 Å². The smallest absolute Gasteiger partial charge is 0.145 e. The van der Waals surface area contributed by atoms with Gasteiger partial charge >= 0.3 is 0 Å². The molecule has 0 spiro atoms. The van der Waals surface area contributed by atoms with Crippen LogP contribution in [0.5, 0.6) is 0 Å². The van der Waals surface area contributed by atoms with Gasteiger partial charge in [-0.2, -0.15) is 5.10 Å². The van der Waals surface area contributed by atoms with Gasteiger partial charge in [-0.15, -0.1) is 0 Å². The highest BCUT2D eigenvalue weighted by Gasteiger charge is 2.09.